The Balaban J connectivity index is 1.75. The minimum absolute atomic E-state index is 0.185. The van der Waals surface area contributed by atoms with Crippen molar-refractivity contribution in [2.75, 3.05) is 18.4 Å². The number of carbonyl (C=O) groups excluding carboxylic acids is 1. The van der Waals surface area contributed by atoms with Crippen LogP contribution in [0, 0.1) is 12.8 Å². The van der Waals surface area contributed by atoms with Crippen LogP contribution in [-0.2, 0) is 11.2 Å². The second-order valence-electron chi connectivity index (χ2n) is 4.64. The number of hydrogen-bond acceptors (Lipinski definition) is 4. The molecule has 1 heterocycles. The molecule has 0 bridgehead atoms. The molecule has 0 aromatic carbocycles. The van der Waals surface area contributed by atoms with Crippen LogP contribution in [0.3, 0.4) is 0 Å². The van der Waals surface area contributed by atoms with Crippen molar-refractivity contribution in [1.82, 2.24) is 15.3 Å². The highest BCUT2D eigenvalue weighted by Crippen LogP contribution is 2.28. The molecule has 0 atom stereocenters. The predicted octanol–water partition coefficient (Wildman–Crippen LogP) is 1.29. The van der Waals surface area contributed by atoms with E-state index >= 15 is 0 Å². The largest absolute Gasteiger partial charge is 0.368 e. The lowest BCUT2D eigenvalue weighted by Crippen LogP contribution is -2.30. The molecule has 1 aliphatic rings. The average molecular weight is 248 g/mol. The van der Waals surface area contributed by atoms with Gasteiger partial charge in [-0.3, -0.25) is 4.79 Å². The first-order valence-electron chi connectivity index (χ1n) is 6.55. The van der Waals surface area contributed by atoms with Crippen molar-refractivity contribution >= 4 is 11.7 Å². The summed E-state index contributed by atoms with van der Waals surface area (Å²) < 4.78 is 0. The fraction of sp³-hybridized carbons (Fsp3) is 0.615. The molecule has 1 aromatic heterocycles. The zero-order chi connectivity index (χ0) is 13.0. The van der Waals surface area contributed by atoms with Gasteiger partial charge in [-0.05, 0) is 26.2 Å². The van der Waals surface area contributed by atoms with E-state index in [-0.39, 0.29) is 11.8 Å². The molecule has 0 spiro atoms. The van der Waals surface area contributed by atoms with E-state index in [0.717, 1.165) is 36.6 Å². The first kappa shape index (κ1) is 12.8. The van der Waals surface area contributed by atoms with Gasteiger partial charge in [-0.25, -0.2) is 9.97 Å². The maximum absolute atomic E-state index is 11.4. The van der Waals surface area contributed by atoms with E-state index in [0.29, 0.717) is 13.1 Å². The molecule has 2 N–H and O–H groups in total. The molecular weight excluding hydrogens is 228 g/mol. The molecule has 18 heavy (non-hydrogen) atoms. The third-order valence-corrected chi connectivity index (χ3v) is 2.93. The van der Waals surface area contributed by atoms with E-state index in [9.17, 15) is 4.79 Å². The van der Waals surface area contributed by atoms with E-state index in [1.165, 1.54) is 0 Å². The normalized spacial score (nSPS) is 14.3. The van der Waals surface area contributed by atoms with Crippen molar-refractivity contribution < 1.29 is 4.79 Å². The van der Waals surface area contributed by atoms with Gasteiger partial charge in [-0.15, -0.1) is 0 Å². The quantitative estimate of drug-likeness (QED) is 0.744. The van der Waals surface area contributed by atoms with E-state index < -0.39 is 0 Å². The number of rotatable bonds is 6. The van der Waals surface area contributed by atoms with E-state index in [4.69, 9.17) is 0 Å². The van der Waals surface area contributed by atoms with Gasteiger partial charge in [0.1, 0.15) is 11.6 Å². The summed E-state index contributed by atoms with van der Waals surface area (Å²) >= 11 is 0. The highest BCUT2D eigenvalue weighted by Gasteiger charge is 2.28. The van der Waals surface area contributed by atoms with Crippen LogP contribution in [-0.4, -0.2) is 29.0 Å². The van der Waals surface area contributed by atoms with Crippen molar-refractivity contribution in [1.29, 1.82) is 0 Å². The molecule has 2 rings (SSSR count). The second-order valence-corrected chi connectivity index (χ2v) is 4.64. The molecule has 0 aliphatic heterocycles. The second kappa shape index (κ2) is 5.80. The number of anilines is 1. The molecule has 1 amide bonds. The number of hydrogen-bond donors (Lipinski definition) is 2. The van der Waals surface area contributed by atoms with Gasteiger partial charge in [0.05, 0.1) is 0 Å². The Morgan fingerprint density at radius 2 is 2.17 bits per heavy atom. The van der Waals surface area contributed by atoms with Crippen LogP contribution in [0.2, 0.25) is 0 Å². The Bertz CT molecular complexity index is 429. The molecule has 0 radical (unpaired) electrons. The van der Waals surface area contributed by atoms with Gasteiger partial charge in [0.25, 0.3) is 0 Å². The van der Waals surface area contributed by atoms with Crippen molar-refractivity contribution in [2.24, 2.45) is 5.92 Å². The molecule has 0 saturated heterocycles. The van der Waals surface area contributed by atoms with Gasteiger partial charge < -0.3 is 10.6 Å². The molecule has 1 fully saturated rings. The first-order valence-corrected chi connectivity index (χ1v) is 6.55. The Kier molecular flexibility index (Phi) is 4.12. The highest BCUT2D eigenvalue weighted by atomic mass is 16.2. The van der Waals surface area contributed by atoms with Crippen LogP contribution in [0.25, 0.3) is 0 Å². The summed E-state index contributed by atoms with van der Waals surface area (Å²) in [5, 5.41) is 6.12. The van der Waals surface area contributed by atoms with Crippen molar-refractivity contribution in [3.63, 3.8) is 0 Å². The SMILES string of the molecule is CCc1cc(NCCNC(=O)C2CC2)nc(C)n1. The Hall–Kier alpha value is -1.65. The van der Waals surface area contributed by atoms with E-state index in [1.807, 2.05) is 13.0 Å². The van der Waals surface area contributed by atoms with Crippen LogP contribution in [0.1, 0.15) is 31.3 Å². The fourth-order valence-electron chi connectivity index (χ4n) is 1.77. The van der Waals surface area contributed by atoms with Crippen LogP contribution in [0.15, 0.2) is 6.07 Å². The summed E-state index contributed by atoms with van der Waals surface area (Å²) in [5.74, 6) is 2.07. The third kappa shape index (κ3) is 3.68. The van der Waals surface area contributed by atoms with Gasteiger partial charge in [0.15, 0.2) is 0 Å². The highest BCUT2D eigenvalue weighted by molar-refractivity contribution is 5.80. The zero-order valence-electron chi connectivity index (χ0n) is 11.0. The van der Waals surface area contributed by atoms with E-state index in [2.05, 4.69) is 27.5 Å². The maximum Gasteiger partial charge on any atom is 0.223 e. The summed E-state index contributed by atoms with van der Waals surface area (Å²) in [6.07, 6.45) is 2.99. The molecule has 5 heteroatoms. The Morgan fingerprint density at radius 1 is 1.39 bits per heavy atom. The van der Waals surface area contributed by atoms with Crippen LogP contribution in [0.5, 0.6) is 0 Å². The summed E-state index contributed by atoms with van der Waals surface area (Å²) in [7, 11) is 0. The summed E-state index contributed by atoms with van der Waals surface area (Å²) in [6, 6.07) is 1.95. The number of aromatic nitrogens is 2. The lowest BCUT2D eigenvalue weighted by Gasteiger charge is -2.08. The maximum atomic E-state index is 11.4. The van der Waals surface area contributed by atoms with Crippen LogP contribution >= 0.6 is 0 Å². The molecule has 1 aromatic rings. The third-order valence-electron chi connectivity index (χ3n) is 2.93. The molecule has 0 unspecified atom stereocenters. The van der Waals surface area contributed by atoms with Gasteiger partial charge in [0, 0.05) is 30.8 Å². The molecular formula is C13H20N4O. The van der Waals surface area contributed by atoms with Crippen molar-refractivity contribution in [2.45, 2.75) is 33.1 Å². The van der Waals surface area contributed by atoms with Crippen LogP contribution < -0.4 is 10.6 Å². The number of aryl methyl sites for hydroxylation is 2. The van der Waals surface area contributed by atoms with Gasteiger partial charge in [-0.1, -0.05) is 6.92 Å². The minimum Gasteiger partial charge on any atom is -0.368 e. The Labute approximate surface area is 107 Å². The molecule has 1 saturated carbocycles. The number of carbonyl (C=O) groups is 1. The van der Waals surface area contributed by atoms with E-state index in [1.54, 1.807) is 0 Å². The minimum atomic E-state index is 0.185. The van der Waals surface area contributed by atoms with Crippen molar-refractivity contribution in [3.8, 4) is 0 Å². The van der Waals surface area contributed by atoms with Crippen LogP contribution in [0.4, 0.5) is 5.82 Å². The average Bonchev–Trinajstić information content (AvgIpc) is 3.17. The topological polar surface area (TPSA) is 66.9 Å². The zero-order valence-corrected chi connectivity index (χ0v) is 11.0. The van der Waals surface area contributed by atoms with Gasteiger partial charge in [0.2, 0.25) is 5.91 Å². The lowest BCUT2D eigenvalue weighted by atomic mass is 10.3. The fourth-order valence-corrected chi connectivity index (χ4v) is 1.77. The van der Waals surface area contributed by atoms with Gasteiger partial charge in [-0.2, -0.15) is 0 Å². The first-order chi connectivity index (χ1) is 8.69. The predicted molar refractivity (Wildman–Crippen MR) is 70.4 cm³/mol. The smallest absolute Gasteiger partial charge is 0.223 e. The number of amides is 1. The molecule has 98 valence electrons. The lowest BCUT2D eigenvalue weighted by molar-refractivity contribution is -0.122. The summed E-state index contributed by atoms with van der Waals surface area (Å²) in [5.41, 5.74) is 1.03. The number of nitrogens with one attached hydrogen (secondary N) is 2. The van der Waals surface area contributed by atoms with Gasteiger partial charge >= 0.3 is 0 Å². The number of nitrogens with zero attached hydrogens (tertiary/aromatic N) is 2. The summed E-state index contributed by atoms with van der Waals surface area (Å²) in [6.45, 7) is 5.29. The summed E-state index contributed by atoms with van der Waals surface area (Å²) in [4.78, 5) is 20.0. The van der Waals surface area contributed by atoms with Crippen molar-refractivity contribution in [3.05, 3.63) is 17.6 Å². The standard InChI is InChI=1S/C13H20N4O/c1-3-11-8-12(17-9(2)16-11)14-6-7-15-13(18)10-4-5-10/h8,10H,3-7H2,1-2H3,(H,15,18)(H,14,16,17). The monoisotopic (exact) mass is 248 g/mol. The Morgan fingerprint density at radius 3 is 2.83 bits per heavy atom. The molecule has 5 nitrogen and oxygen atoms in total. The molecule has 1 aliphatic carbocycles.